The molecule has 0 bridgehead atoms. The van der Waals surface area contributed by atoms with Gasteiger partial charge < -0.3 is 9.64 Å². The van der Waals surface area contributed by atoms with E-state index in [1.807, 2.05) is 13.8 Å². The lowest BCUT2D eigenvalue weighted by Crippen LogP contribution is -2.27. The quantitative estimate of drug-likeness (QED) is 0.796. The summed E-state index contributed by atoms with van der Waals surface area (Å²) in [4.78, 5) is 12.9. The maximum atomic E-state index is 11.4. The molecule has 1 rings (SSSR count). The fourth-order valence-corrected chi connectivity index (χ4v) is 1.51. The fourth-order valence-electron chi connectivity index (χ4n) is 1.51. The molecule has 1 aromatic carbocycles. The molecule has 0 saturated carbocycles. The maximum Gasteiger partial charge on any atom is 0.259 e. The molecule has 0 atom stereocenters. The van der Waals surface area contributed by atoms with Crippen LogP contribution in [0.15, 0.2) is 12.1 Å². The van der Waals surface area contributed by atoms with E-state index in [9.17, 15) is 4.79 Å². The van der Waals surface area contributed by atoms with E-state index in [1.165, 1.54) is 4.90 Å². The van der Waals surface area contributed by atoms with Gasteiger partial charge in [0.15, 0.2) is 6.61 Å². The van der Waals surface area contributed by atoms with Gasteiger partial charge in [-0.15, -0.1) is 0 Å². The van der Waals surface area contributed by atoms with E-state index in [0.29, 0.717) is 11.3 Å². The van der Waals surface area contributed by atoms with Gasteiger partial charge in [-0.2, -0.15) is 5.26 Å². The van der Waals surface area contributed by atoms with E-state index < -0.39 is 0 Å². The van der Waals surface area contributed by atoms with Gasteiger partial charge in [-0.05, 0) is 37.1 Å². The van der Waals surface area contributed by atoms with Crippen LogP contribution in [-0.4, -0.2) is 31.5 Å². The standard InChI is InChI=1S/C13H16N2O2/c1-9-5-11(7-14)6-10(2)13(9)17-8-12(16)15(3)4/h5-6H,8H2,1-4H3. The van der Waals surface area contributed by atoms with Crippen LogP contribution in [0.5, 0.6) is 5.75 Å². The van der Waals surface area contributed by atoms with E-state index in [2.05, 4.69) is 6.07 Å². The summed E-state index contributed by atoms with van der Waals surface area (Å²) < 4.78 is 5.49. The molecular weight excluding hydrogens is 216 g/mol. The average molecular weight is 232 g/mol. The summed E-state index contributed by atoms with van der Waals surface area (Å²) in [5.41, 5.74) is 2.34. The average Bonchev–Trinajstić information content (AvgIpc) is 2.27. The Balaban J connectivity index is 2.86. The second kappa shape index (κ2) is 5.35. The SMILES string of the molecule is Cc1cc(C#N)cc(C)c1OCC(=O)N(C)C. The molecular formula is C13H16N2O2. The van der Waals surface area contributed by atoms with Crippen molar-refractivity contribution in [3.05, 3.63) is 28.8 Å². The Kier molecular flexibility index (Phi) is 4.11. The lowest BCUT2D eigenvalue weighted by atomic mass is 10.1. The number of rotatable bonds is 3. The van der Waals surface area contributed by atoms with E-state index in [-0.39, 0.29) is 12.5 Å². The molecule has 4 heteroatoms. The number of carbonyl (C=O) groups excluding carboxylic acids is 1. The summed E-state index contributed by atoms with van der Waals surface area (Å²) in [6.07, 6.45) is 0. The normalized spacial score (nSPS) is 9.59. The van der Waals surface area contributed by atoms with Crippen molar-refractivity contribution < 1.29 is 9.53 Å². The topological polar surface area (TPSA) is 53.3 Å². The molecule has 1 amide bonds. The van der Waals surface area contributed by atoms with Crippen LogP contribution in [0.3, 0.4) is 0 Å². The van der Waals surface area contributed by atoms with Gasteiger partial charge in [0.2, 0.25) is 0 Å². The highest BCUT2D eigenvalue weighted by Crippen LogP contribution is 2.24. The first kappa shape index (κ1) is 13.0. The van der Waals surface area contributed by atoms with Crippen molar-refractivity contribution in [2.75, 3.05) is 20.7 Å². The minimum absolute atomic E-state index is 0.0145. The number of ether oxygens (including phenoxy) is 1. The van der Waals surface area contributed by atoms with Crippen molar-refractivity contribution >= 4 is 5.91 Å². The lowest BCUT2D eigenvalue weighted by molar-refractivity contribution is -0.130. The molecule has 0 unspecified atom stereocenters. The van der Waals surface area contributed by atoms with Gasteiger partial charge in [0.1, 0.15) is 5.75 Å². The highest BCUT2D eigenvalue weighted by molar-refractivity contribution is 5.77. The number of carbonyl (C=O) groups is 1. The smallest absolute Gasteiger partial charge is 0.259 e. The van der Waals surface area contributed by atoms with Gasteiger partial charge in [-0.3, -0.25) is 4.79 Å². The first-order valence-corrected chi connectivity index (χ1v) is 5.30. The van der Waals surface area contributed by atoms with Gasteiger partial charge in [-0.25, -0.2) is 0 Å². The van der Waals surface area contributed by atoms with Crippen LogP contribution in [0.25, 0.3) is 0 Å². The molecule has 0 N–H and O–H groups in total. The van der Waals surface area contributed by atoms with Crippen LogP contribution in [0.4, 0.5) is 0 Å². The molecule has 1 aromatic rings. The molecule has 17 heavy (non-hydrogen) atoms. The predicted octanol–water partition coefficient (Wildman–Crippen LogP) is 1.64. The van der Waals surface area contributed by atoms with Crippen molar-refractivity contribution in [1.29, 1.82) is 5.26 Å². The van der Waals surface area contributed by atoms with Crippen LogP contribution in [0, 0.1) is 25.2 Å². The van der Waals surface area contributed by atoms with Gasteiger partial charge in [0.25, 0.3) is 5.91 Å². The molecule has 0 spiro atoms. The number of nitriles is 1. The van der Waals surface area contributed by atoms with Crippen molar-refractivity contribution in [2.45, 2.75) is 13.8 Å². The first-order valence-electron chi connectivity index (χ1n) is 5.30. The maximum absolute atomic E-state index is 11.4. The summed E-state index contributed by atoms with van der Waals surface area (Å²) in [5, 5.41) is 8.82. The summed E-state index contributed by atoms with van der Waals surface area (Å²) in [6, 6.07) is 5.59. The highest BCUT2D eigenvalue weighted by atomic mass is 16.5. The van der Waals surface area contributed by atoms with Gasteiger partial charge in [0.05, 0.1) is 11.6 Å². The molecule has 0 radical (unpaired) electrons. The summed E-state index contributed by atoms with van der Waals surface area (Å²) in [7, 11) is 3.37. The molecule has 0 aliphatic carbocycles. The minimum Gasteiger partial charge on any atom is -0.483 e. The number of likely N-dealkylation sites (N-methyl/N-ethyl adjacent to an activating group) is 1. The van der Waals surface area contributed by atoms with E-state index >= 15 is 0 Å². The third-order valence-electron chi connectivity index (χ3n) is 2.43. The van der Waals surface area contributed by atoms with Crippen molar-refractivity contribution in [1.82, 2.24) is 4.90 Å². The summed E-state index contributed by atoms with van der Waals surface area (Å²) >= 11 is 0. The Labute approximate surface area is 101 Å². The van der Waals surface area contributed by atoms with Gasteiger partial charge >= 0.3 is 0 Å². The number of aryl methyl sites for hydroxylation is 2. The molecule has 0 saturated heterocycles. The predicted molar refractivity (Wildman–Crippen MR) is 64.8 cm³/mol. The molecule has 0 aromatic heterocycles. The van der Waals surface area contributed by atoms with E-state index in [0.717, 1.165) is 11.1 Å². The highest BCUT2D eigenvalue weighted by Gasteiger charge is 2.10. The second-order valence-corrected chi connectivity index (χ2v) is 4.13. The Morgan fingerprint density at radius 3 is 2.29 bits per heavy atom. The third-order valence-corrected chi connectivity index (χ3v) is 2.43. The van der Waals surface area contributed by atoms with Crippen LogP contribution in [0.1, 0.15) is 16.7 Å². The van der Waals surface area contributed by atoms with Crippen LogP contribution >= 0.6 is 0 Å². The molecule has 0 aliphatic rings. The van der Waals surface area contributed by atoms with Crippen LogP contribution < -0.4 is 4.74 Å². The Hall–Kier alpha value is -2.02. The zero-order chi connectivity index (χ0) is 13.0. The van der Waals surface area contributed by atoms with E-state index in [1.54, 1.807) is 26.2 Å². The fraction of sp³-hybridized carbons (Fsp3) is 0.385. The largest absolute Gasteiger partial charge is 0.483 e. The number of amides is 1. The van der Waals surface area contributed by atoms with Gasteiger partial charge in [0, 0.05) is 14.1 Å². The third kappa shape index (κ3) is 3.22. The molecule has 0 heterocycles. The molecule has 0 fully saturated rings. The second-order valence-electron chi connectivity index (χ2n) is 4.13. The molecule has 4 nitrogen and oxygen atoms in total. The zero-order valence-electron chi connectivity index (χ0n) is 10.6. The zero-order valence-corrected chi connectivity index (χ0v) is 10.6. The number of hydrogen-bond acceptors (Lipinski definition) is 3. The monoisotopic (exact) mass is 232 g/mol. The van der Waals surface area contributed by atoms with Crippen LogP contribution in [-0.2, 0) is 4.79 Å². The first-order chi connectivity index (χ1) is 7.95. The minimum atomic E-state index is -0.0897. The molecule has 90 valence electrons. The Morgan fingerprint density at radius 2 is 1.88 bits per heavy atom. The number of benzene rings is 1. The Morgan fingerprint density at radius 1 is 1.35 bits per heavy atom. The Bertz CT molecular complexity index is 450. The summed E-state index contributed by atoms with van der Waals surface area (Å²) in [6.45, 7) is 3.74. The lowest BCUT2D eigenvalue weighted by Gasteiger charge is -2.14. The number of hydrogen-bond donors (Lipinski definition) is 0. The van der Waals surface area contributed by atoms with Crippen molar-refractivity contribution in [3.8, 4) is 11.8 Å². The van der Waals surface area contributed by atoms with E-state index in [4.69, 9.17) is 10.00 Å². The number of nitrogens with zero attached hydrogens (tertiary/aromatic N) is 2. The van der Waals surface area contributed by atoms with Gasteiger partial charge in [-0.1, -0.05) is 0 Å². The van der Waals surface area contributed by atoms with Crippen molar-refractivity contribution in [3.63, 3.8) is 0 Å². The van der Waals surface area contributed by atoms with Crippen LogP contribution in [0.2, 0.25) is 0 Å². The van der Waals surface area contributed by atoms with Crippen molar-refractivity contribution in [2.24, 2.45) is 0 Å². The summed E-state index contributed by atoms with van der Waals surface area (Å²) in [5.74, 6) is 0.590. The molecule has 0 aliphatic heterocycles.